The van der Waals surface area contributed by atoms with Crippen LogP contribution in [0.2, 0.25) is 0 Å². The van der Waals surface area contributed by atoms with Crippen LogP contribution in [0, 0.1) is 0 Å². The highest BCUT2D eigenvalue weighted by Crippen LogP contribution is 2.40. The van der Waals surface area contributed by atoms with Gasteiger partial charge in [0, 0.05) is 37.6 Å². The molecule has 0 saturated carbocycles. The van der Waals surface area contributed by atoms with Crippen LogP contribution in [0.25, 0.3) is 11.4 Å². The molecule has 0 fully saturated rings. The Hall–Kier alpha value is -3.25. The molecule has 1 atom stereocenters. The Balaban J connectivity index is 1.67. The molecule has 0 bridgehead atoms. The summed E-state index contributed by atoms with van der Waals surface area (Å²) < 4.78 is 81.6. The summed E-state index contributed by atoms with van der Waals surface area (Å²) in [5.74, 6) is -1.88. The van der Waals surface area contributed by atoms with Gasteiger partial charge in [0.2, 0.25) is 0 Å². The lowest BCUT2D eigenvalue weighted by Crippen LogP contribution is -2.29. The van der Waals surface area contributed by atoms with Crippen molar-refractivity contribution in [1.82, 2.24) is 29.7 Å². The molecule has 3 aromatic rings. The molecule has 0 aromatic carbocycles. The second-order valence-corrected chi connectivity index (χ2v) is 7.39. The average Bonchev–Trinajstić information content (AvgIpc) is 3.15. The second kappa shape index (κ2) is 8.02. The average molecular weight is 457 g/mol. The number of nitrogens with zero attached hydrogens (tertiary/aromatic N) is 7. The van der Waals surface area contributed by atoms with Gasteiger partial charge < -0.3 is 9.47 Å². The zero-order chi connectivity index (χ0) is 23.1. The van der Waals surface area contributed by atoms with E-state index in [4.69, 9.17) is 0 Å². The van der Waals surface area contributed by atoms with Gasteiger partial charge in [-0.3, -0.25) is 4.98 Å². The van der Waals surface area contributed by atoms with Crippen molar-refractivity contribution in [2.75, 3.05) is 11.9 Å². The van der Waals surface area contributed by atoms with Crippen LogP contribution < -0.4 is 4.90 Å². The molecule has 0 aliphatic carbocycles. The molecule has 170 valence electrons. The van der Waals surface area contributed by atoms with Gasteiger partial charge in [-0.1, -0.05) is 0 Å². The molecule has 0 radical (unpaired) electrons. The van der Waals surface area contributed by atoms with E-state index in [2.05, 4.69) is 25.1 Å². The van der Waals surface area contributed by atoms with Crippen LogP contribution in [0.4, 0.5) is 32.2 Å². The van der Waals surface area contributed by atoms with E-state index in [0.29, 0.717) is 18.5 Å². The number of pyridine rings is 1. The van der Waals surface area contributed by atoms with Crippen LogP contribution in [0.15, 0.2) is 30.6 Å². The van der Waals surface area contributed by atoms with Crippen molar-refractivity contribution in [1.29, 1.82) is 0 Å². The third kappa shape index (κ3) is 4.36. The number of fused-ring (bicyclic) bond motifs is 1. The quantitative estimate of drug-likeness (QED) is 0.547. The van der Waals surface area contributed by atoms with Gasteiger partial charge >= 0.3 is 12.4 Å². The summed E-state index contributed by atoms with van der Waals surface area (Å²) in [4.78, 5) is 13.0. The van der Waals surface area contributed by atoms with Crippen molar-refractivity contribution in [3.8, 4) is 11.4 Å². The van der Waals surface area contributed by atoms with E-state index in [0.717, 1.165) is 6.07 Å². The van der Waals surface area contributed by atoms with E-state index < -0.39 is 24.0 Å². The molecule has 7 nitrogen and oxygen atoms in total. The monoisotopic (exact) mass is 457 g/mol. The predicted octanol–water partition coefficient (Wildman–Crippen LogP) is 4.23. The van der Waals surface area contributed by atoms with Gasteiger partial charge in [-0.15, -0.1) is 10.2 Å². The molecular weight excluding hydrogens is 440 g/mol. The molecule has 0 N–H and O–H groups in total. The largest absolute Gasteiger partial charge is 0.433 e. The number of hydrogen-bond donors (Lipinski definition) is 0. The Morgan fingerprint density at radius 1 is 1.06 bits per heavy atom. The fourth-order valence-corrected chi connectivity index (χ4v) is 3.56. The lowest BCUT2D eigenvalue weighted by Gasteiger charge is -2.26. The molecule has 0 saturated heterocycles. The molecule has 4 heterocycles. The van der Waals surface area contributed by atoms with E-state index in [1.807, 2.05) is 0 Å². The lowest BCUT2D eigenvalue weighted by molar-refractivity contribution is -0.156. The zero-order valence-corrected chi connectivity index (χ0v) is 16.7. The highest BCUT2D eigenvalue weighted by Gasteiger charge is 2.45. The SMILES string of the molecule is CN(Cc1nnc2n1CCCC2C(F)(F)F)c1cc(C(F)(F)F)nc(-c2ccncc2)n1. The Bertz CT molecular complexity index is 1090. The summed E-state index contributed by atoms with van der Waals surface area (Å²) in [6, 6.07) is 3.74. The summed E-state index contributed by atoms with van der Waals surface area (Å²) in [7, 11) is 1.48. The number of anilines is 1. The number of hydrogen-bond acceptors (Lipinski definition) is 6. The van der Waals surface area contributed by atoms with Gasteiger partial charge in [0.25, 0.3) is 0 Å². The Morgan fingerprint density at radius 3 is 2.44 bits per heavy atom. The first kappa shape index (κ1) is 22.0. The van der Waals surface area contributed by atoms with Gasteiger partial charge in [0.05, 0.1) is 6.54 Å². The third-order valence-electron chi connectivity index (χ3n) is 5.15. The van der Waals surface area contributed by atoms with Crippen LogP contribution in [0.5, 0.6) is 0 Å². The van der Waals surface area contributed by atoms with Crippen molar-refractivity contribution in [2.45, 2.75) is 44.2 Å². The maximum atomic E-state index is 13.4. The molecule has 0 amide bonds. The van der Waals surface area contributed by atoms with Crippen LogP contribution in [0.3, 0.4) is 0 Å². The van der Waals surface area contributed by atoms with Crippen molar-refractivity contribution in [3.05, 3.63) is 47.9 Å². The van der Waals surface area contributed by atoms with Crippen LogP contribution in [0.1, 0.15) is 36.1 Å². The standard InChI is InChI=1S/C19H17F6N7/c1-31(10-15-29-30-17-12(18(20,21)22)3-2-8-32(15)17)14-9-13(19(23,24)25)27-16(28-14)11-4-6-26-7-5-11/h4-7,9,12H,2-3,8,10H2,1H3. The molecule has 0 spiro atoms. The van der Waals surface area contributed by atoms with E-state index >= 15 is 0 Å². The summed E-state index contributed by atoms with van der Waals surface area (Å²) in [5, 5.41) is 7.60. The van der Waals surface area contributed by atoms with Crippen molar-refractivity contribution in [2.24, 2.45) is 0 Å². The first-order chi connectivity index (χ1) is 15.0. The smallest absolute Gasteiger partial charge is 0.352 e. The van der Waals surface area contributed by atoms with E-state index in [-0.39, 0.29) is 36.3 Å². The van der Waals surface area contributed by atoms with Gasteiger partial charge in [-0.25, -0.2) is 9.97 Å². The first-order valence-electron chi connectivity index (χ1n) is 9.60. The Kier molecular flexibility index (Phi) is 5.51. The van der Waals surface area contributed by atoms with Crippen LogP contribution >= 0.6 is 0 Å². The molecule has 1 aliphatic heterocycles. The Labute approximate surface area is 178 Å². The van der Waals surface area contributed by atoms with E-state index in [1.54, 1.807) is 0 Å². The lowest BCUT2D eigenvalue weighted by atomic mass is 9.98. The molecule has 4 rings (SSSR count). The van der Waals surface area contributed by atoms with Gasteiger partial charge in [0.15, 0.2) is 17.3 Å². The fourth-order valence-electron chi connectivity index (χ4n) is 3.56. The second-order valence-electron chi connectivity index (χ2n) is 7.39. The van der Waals surface area contributed by atoms with Gasteiger partial charge in [-0.05, 0) is 25.0 Å². The van der Waals surface area contributed by atoms with Crippen LogP contribution in [-0.2, 0) is 19.3 Å². The first-order valence-corrected chi connectivity index (χ1v) is 9.60. The van der Waals surface area contributed by atoms with Gasteiger partial charge in [0.1, 0.15) is 17.6 Å². The zero-order valence-electron chi connectivity index (χ0n) is 16.7. The van der Waals surface area contributed by atoms with Crippen molar-refractivity contribution in [3.63, 3.8) is 0 Å². The highest BCUT2D eigenvalue weighted by molar-refractivity contribution is 5.57. The van der Waals surface area contributed by atoms with Crippen molar-refractivity contribution < 1.29 is 26.3 Å². The van der Waals surface area contributed by atoms with Crippen LogP contribution in [-0.4, -0.2) is 42.9 Å². The van der Waals surface area contributed by atoms with Crippen molar-refractivity contribution >= 4 is 5.82 Å². The topological polar surface area (TPSA) is 72.6 Å². The summed E-state index contributed by atoms with van der Waals surface area (Å²) >= 11 is 0. The summed E-state index contributed by atoms with van der Waals surface area (Å²) in [6.45, 7) is 0.222. The molecule has 3 aromatic heterocycles. The maximum Gasteiger partial charge on any atom is 0.433 e. The highest BCUT2D eigenvalue weighted by atomic mass is 19.4. The predicted molar refractivity (Wildman–Crippen MR) is 100 cm³/mol. The molecule has 13 heteroatoms. The maximum absolute atomic E-state index is 13.4. The minimum atomic E-state index is -4.71. The summed E-state index contributed by atoms with van der Waals surface area (Å²) in [6.07, 6.45) is -6.13. The normalized spacial score (nSPS) is 16.7. The minimum Gasteiger partial charge on any atom is -0.352 e. The number of rotatable bonds is 4. The fraction of sp³-hybridized carbons (Fsp3) is 0.421. The van der Waals surface area contributed by atoms with E-state index in [1.165, 1.54) is 41.0 Å². The Morgan fingerprint density at radius 2 is 1.78 bits per heavy atom. The number of halogens is 6. The molecule has 1 aliphatic rings. The molecular formula is C19H17F6N7. The molecule has 1 unspecified atom stereocenters. The number of alkyl halides is 6. The van der Waals surface area contributed by atoms with Gasteiger partial charge in [-0.2, -0.15) is 26.3 Å². The minimum absolute atomic E-state index is 0.0559. The molecule has 32 heavy (non-hydrogen) atoms. The number of aromatic nitrogens is 6. The van der Waals surface area contributed by atoms with E-state index in [9.17, 15) is 26.3 Å². The third-order valence-corrected chi connectivity index (χ3v) is 5.15. The summed E-state index contributed by atoms with van der Waals surface area (Å²) in [5.41, 5.74) is -0.796.